The van der Waals surface area contributed by atoms with Gasteiger partial charge < -0.3 is 14.5 Å². The van der Waals surface area contributed by atoms with Crippen LogP contribution in [-0.4, -0.2) is 77.5 Å². The number of nitrogens with zero attached hydrogens (tertiary/aromatic N) is 6. The number of piperidine rings is 1. The van der Waals surface area contributed by atoms with Gasteiger partial charge in [0.1, 0.15) is 17.0 Å². The van der Waals surface area contributed by atoms with Gasteiger partial charge in [-0.3, -0.25) is 19.8 Å². The number of carbonyl (C=O) groups excluding carboxylic acids is 2. The second-order valence-corrected chi connectivity index (χ2v) is 15.8. The van der Waals surface area contributed by atoms with E-state index in [1.54, 1.807) is 0 Å². The van der Waals surface area contributed by atoms with E-state index in [0.29, 0.717) is 18.9 Å². The second-order valence-electron chi connectivity index (χ2n) is 15.8. The summed E-state index contributed by atoms with van der Waals surface area (Å²) in [6, 6.07) is 12.3. The van der Waals surface area contributed by atoms with E-state index in [1.165, 1.54) is 0 Å². The number of aromatic amines is 1. The van der Waals surface area contributed by atoms with Crippen LogP contribution in [0.25, 0.3) is 33.5 Å². The van der Waals surface area contributed by atoms with E-state index in [4.69, 9.17) is 29.4 Å². The summed E-state index contributed by atoms with van der Waals surface area (Å²) >= 11 is 0. The van der Waals surface area contributed by atoms with Gasteiger partial charge in [-0.1, -0.05) is 12.1 Å². The van der Waals surface area contributed by atoms with Crippen LogP contribution in [0.5, 0.6) is 0 Å². The highest BCUT2D eigenvalue weighted by molar-refractivity contribution is 6.00. The minimum atomic E-state index is -0.546. The molecule has 2 amide bonds. The van der Waals surface area contributed by atoms with Gasteiger partial charge in [-0.15, -0.1) is 0 Å². The topological polar surface area (TPSA) is 126 Å². The molecule has 2 aromatic heterocycles. The summed E-state index contributed by atoms with van der Waals surface area (Å²) in [6.45, 7) is 12.1. The first kappa shape index (κ1) is 31.5. The van der Waals surface area contributed by atoms with Crippen molar-refractivity contribution in [1.29, 1.82) is 0 Å². The average molecular weight is 662 g/mol. The number of rotatable bonds is 4. The Morgan fingerprint density at radius 1 is 0.857 bits per heavy atom. The fraction of sp³-hybridized carbons (Fsp3) is 0.474. The summed E-state index contributed by atoms with van der Waals surface area (Å²) in [7, 11) is 0. The number of aromatic nitrogens is 4. The number of likely N-dealkylation sites (tertiary alicyclic amines) is 2. The maximum Gasteiger partial charge on any atom is 0.411 e. The standard InChI is InChI=1S/C38H43N7O4/c1-37(2,3)48-35(46)44-13-7-8-31(44)28-16-23-14-21(9-11-25(23)41-28)29-19-39-27-15-22(10-12-26(27)42-29)30-20-40-34(43-30)33-18-24-17-32(24)45(33)36(47)49-38(4,5)6/h9-12,14-15,19-20,24,31-33H,7-8,13,16-18H2,1-6H3,(H,40,43)/t24-,31+,32-,33+/m1/s1. The number of benzene rings is 2. The van der Waals surface area contributed by atoms with E-state index >= 15 is 0 Å². The molecule has 1 N–H and O–H groups in total. The van der Waals surface area contributed by atoms with E-state index in [9.17, 15) is 9.59 Å². The van der Waals surface area contributed by atoms with Gasteiger partial charge in [-0.25, -0.2) is 19.6 Å². The molecule has 5 heterocycles. The summed E-state index contributed by atoms with van der Waals surface area (Å²) < 4.78 is 11.4. The molecule has 11 nitrogen and oxygen atoms in total. The molecule has 4 aliphatic rings. The molecule has 0 radical (unpaired) electrons. The maximum atomic E-state index is 13.1. The lowest BCUT2D eigenvalue weighted by atomic mass is 10.0. The summed E-state index contributed by atoms with van der Waals surface area (Å²) in [5.74, 6) is 1.29. The van der Waals surface area contributed by atoms with Gasteiger partial charge >= 0.3 is 12.2 Å². The van der Waals surface area contributed by atoms with Crippen LogP contribution >= 0.6 is 0 Å². The Morgan fingerprint density at radius 2 is 1.63 bits per heavy atom. The first-order valence-corrected chi connectivity index (χ1v) is 17.3. The maximum absolute atomic E-state index is 13.1. The number of hydrogen-bond donors (Lipinski definition) is 1. The number of imidazole rings is 1. The van der Waals surface area contributed by atoms with Crippen LogP contribution in [0.1, 0.15) is 84.7 Å². The molecule has 3 fully saturated rings. The van der Waals surface area contributed by atoms with Crippen LogP contribution in [-0.2, 0) is 15.9 Å². The number of amides is 2. The van der Waals surface area contributed by atoms with Crippen LogP contribution in [0.15, 0.2) is 53.8 Å². The van der Waals surface area contributed by atoms with E-state index in [-0.39, 0.29) is 30.3 Å². The Hall–Kier alpha value is -4.80. The van der Waals surface area contributed by atoms with Crippen LogP contribution in [0.2, 0.25) is 0 Å². The van der Waals surface area contributed by atoms with Gasteiger partial charge in [-0.2, -0.15) is 0 Å². The van der Waals surface area contributed by atoms with Crippen molar-refractivity contribution in [3.8, 4) is 22.5 Å². The summed E-state index contributed by atoms with van der Waals surface area (Å²) in [4.78, 5) is 52.5. The van der Waals surface area contributed by atoms with Crippen molar-refractivity contribution in [2.24, 2.45) is 10.9 Å². The Bertz CT molecular complexity index is 2000. The first-order valence-electron chi connectivity index (χ1n) is 17.3. The molecule has 0 bridgehead atoms. The van der Waals surface area contributed by atoms with Gasteiger partial charge in [0.25, 0.3) is 0 Å². The number of fused-ring (bicyclic) bond motifs is 3. The molecule has 11 heteroatoms. The van der Waals surface area contributed by atoms with Crippen molar-refractivity contribution in [3.05, 3.63) is 60.2 Å². The number of ether oxygens (including phenoxy) is 2. The van der Waals surface area contributed by atoms with Crippen molar-refractivity contribution in [2.45, 2.75) is 103 Å². The molecule has 4 aromatic rings. The summed E-state index contributed by atoms with van der Waals surface area (Å²) in [5.41, 5.74) is 7.17. The third-order valence-corrected chi connectivity index (χ3v) is 9.75. The lowest BCUT2D eigenvalue weighted by Crippen LogP contribution is -2.43. The predicted octanol–water partition coefficient (Wildman–Crippen LogP) is 7.79. The molecule has 49 heavy (non-hydrogen) atoms. The minimum absolute atomic E-state index is 0.0426. The quantitative estimate of drug-likeness (QED) is 0.237. The number of aliphatic imine (C=N–C) groups is 1. The third kappa shape index (κ3) is 6.15. The normalized spacial score (nSPS) is 23.0. The summed E-state index contributed by atoms with van der Waals surface area (Å²) in [5, 5.41) is 0. The Kier molecular flexibility index (Phi) is 7.31. The van der Waals surface area contributed by atoms with E-state index < -0.39 is 11.2 Å². The second kappa shape index (κ2) is 11.4. The van der Waals surface area contributed by atoms with Gasteiger partial charge in [0.15, 0.2) is 0 Å². The molecule has 4 atom stereocenters. The molecular weight excluding hydrogens is 618 g/mol. The van der Waals surface area contributed by atoms with Crippen LogP contribution in [0, 0.1) is 5.92 Å². The third-order valence-electron chi connectivity index (χ3n) is 9.75. The zero-order chi connectivity index (χ0) is 34.2. The smallest absolute Gasteiger partial charge is 0.411 e. The molecule has 0 spiro atoms. The molecule has 1 saturated carbocycles. The zero-order valence-electron chi connectivity index (χ0n) is 29.0. The largest absolute Gasteiger partial charge is 0.444 e. The number of hydrogen-bond acceptors (Lipinski definition) is 8. The van der Waals surface area contributed by atoms with Crippen LogP contribution in [0.4, 0.5) is 15.3 Å². The molecule has 254 valence electrons. The number of carbonyl (C=O) groups is 2. The van der Waals surface area contributed by atoms with Crippen LogP contribution < -0.4 is 0 Å². The Morgan fingerprint density at radius 3 is 2.43 bits per heavy atom. The Labute approximate surface area is 286 Å². The number of nitrogens with one attached hydrogen (secondary N) is 1. The van der Waals surface area contributed by atoms with Crippen molar-refractivity contribution in [1.82, 2.24) is 29.7 Å². The molecule has 1 aliphatic carbocycles. The van der Waals surface area contributed by atoms with Gasteiger partial charge in [0.05, 0.1) is 52.6 Å². The molecular formula is C38H43N7O4. The predicted molar refractivity (Wildman–Crippen MR) is 187 cm³/mol. The van der Waals surface area contributed by atoms with Crippen molar-refractivity contribution in [2.75, 3.05) is 6.54 Å². The summed E-state index contributed by atoms with van der Waals surface area (Å²) in [6.07, 6.45) is 7.55. The Balaban J connectivity index is 0.972. The fourth-order valence-electron chi connectivity index (χ4n) is 7.48. The first-order chi connectivity index (χ1) is 23.3. The monoisotopic (exact) mass is 661 g/mol. The average Bonchev–Trinajstić information content (AvgIpc) is 3.55. The molecule has 2 aromatic carbocycles. The van der Waals surface area contributed by atoms with Gasteiger partial charge in [-0.05, 0) is 103 Å². The van der Waals surface area contributed by atoms with Crippen molar-refractivity contribution >= 4 is 34.6 Å². The van der Waals surface area contributed by atoms with Crippen molar-refractivity contribution < 1.29 is 19.1 Å². The highest BCUT2D eigenvalue weighted by Crippen LogP contribution is 2.53. The lowest BCUT2D eigenvalue weighted by Gasteiger charge is -2.29. The van der Waals surface area contributed by atoms with E-state index in [0.717, 1.165) is 82.0 Å². The molecule has 8 rings (SSSR count). The highest BCUT2D eigenvalue weighted by Gasteiger charge is 2.56. The molecule has 2 saturated heterocycles. The van der Waals surface area contributed by atoms with Crippen LogP contribution in [0.3, 0.4) is 0 Å². The minimum Gasteiger partial charge on any atom is -0.444 e. The highest BCUT2D eigenvalue weighted by atomic mass is 16.6. The van der Waals surface area contributed by atoms with E-state index in [2.05, 4.69) is 11.1 Å². The molecule has 3 aliphatic heterocycles. The van der Waals surface area contributed by atoms with E-state index in [1.807, 2.05) is 94.1 Å². The molecule has 0 unspecified atom stereocenters. The van der Waals surface area contributed by atoms with Crippen molar-refractivity contribution in [3.63, 3.8) is 0 Å². The van der Waals surface area contributed by atoms with Gasteiger partial charge in [0, 0.05) is 35.8 Å². The fourth-order valence-corrected chi connectivity index (χ4v) is 7.48. The number of H-pyrrole nitrogens is 1. The lowest BCUT2D eigenvalue weighted by molar-refractivity contribution is 0.0174. The van der Waals surface area contributed by atoms with Gasteiger partial charge in [0.2, 0.25) is 0 Å². The zero-order valence-corrected chi connectivity index (χ0v) is 29.0. The SMILES string of the molecule is CC(C)(C)OC(=O)N1CCC[C@H]1C1=Nc2ccc(-c3cnc4cc(-c5cnc([C@@H]6C[C@H]7C[C@H]7N6C(=O)OC(C)(C)C)[nH]5)ccc4n3)cc2C1.